The zero-order chi connectivity index (χ0) is 11.5. The van der Waals surface area contributed by atoms with E-state index in [0.717, 1.165) is 25.3 Å². The first-order valence-corrected chi connectivity index (χ1v) is 5.74. The van der Waals surface area contributed by atoms with Crippen LogP contribution in [0.2, 0.25) is 0 Å². The number of aromatic nitrogens is 2. The molecular formula is C11H18N4O. The van der Waals surface area contributed by atoms with Crippen molar-refractivity contribution in [2.24, 2.45) is 11.8 Å². The normalized spacial score (nSPS) is 17.9. The molecule has 0 bridgehead atoms. The smallest absolute Gasteiger partial charge is 0.227 e. The molecule has 1 aliphatic rings. The molecule has 1 saturated heterocycles. The highest BCUT2D eigenvalue weighted by Crippen LogP contribution is 2.18. The number of rotatable bonds is 4. The maximum atomic E-state index is 11.9. The number of hydrogen-bond donors (Lipinski definition) is 2. The summed E-state index contributed by atoms with van der Waals surface area (Å²) in [5, 5.41) is 10.2. The van der Waals surface area contributed by atoms with Gasteiger partial charge in [-0.3, -0.25) is 9.48 Å². The quantitative estimate of drug-likeness (QED) is 0.788. The van der Waals surface area contributed by atoms with Gasteiger partial charge in [0.15, 0.2) is 0 Å². The molecule has 1 aromatic rings. The van der Waals surface area contributed by atoms with Crippen molar-refractivity contribution in [1.82, 2.24) is 15.1 Å². The standard InChI is InChI=1S/C11H18N4O/c1-3-15-7-10(6-13-15)14-11(16)8(2)9-4-12-5-9/h6-9,12H,3-5H2,1-2H3,(H,14,16). The summed E-state index contributed by atoms with van der Waals surface area (Å²) in [6.45, 7) is 6.70. The van der Waals surface area contributed by atoms with Crippen molar-refractivity contribution in [2.75, 3.05) is 18.4 Å². The summed E-state index contributed by atoms with van der Waals surface area (Å²) in [4.78, 5) is 11.9. The van der Waals surface area contributed by atoms with E-state index in [0.29, 0.717) is 5.92 Å². The van der Waals surface area contributed by atoms with Crippen LogP contribution in [0.5, 0.6) is 0 Å². The Morgan fingerprint density at radius 3 is 3.00 bits per heavy atom. The van der Waals surface area contributed by atoms with Crippen LogP contribution in [-0.4, -0.2) is 28.8 Å². The van der Waals surface area contributed by atoms with Crippen molar-refractivity contribution >= 4 is 11.6 Å². The highest BCUT2D eigenvalue weighted by molar-refractivity contribution is 5.92. The van der Waals surface area contributed by atoms with Crippen molar-refractivity contribution in [2.45, 2.75) is 20.4 Å². The molecule has 0 aromatic carbocycles. The zero-order valence-electron chi connectivity index (χ0n) is 9.73. The predicted octanol–water partition coefficient (Wildman–Crippen LogP) is 0.697. The minimum Gasteiger partial charge on any atom is -0.323 e. The number of amides is 1. The minimum absolute atomic E-state index is 0.0613. The summed E-state index contributed by atoms with van der Waals surface area (Å²) in [7, 11) is 0. The summed E-state index contributed by atoms with van der Waals surface area (Å²) >= 11 is 0. The second-order valence-electron chi connectivity index (χ2n) is 4.28. The van der Waals surface area contributed by atoms with Gasteiger partial charge in [-0.25, -0.2) is 0 Å². The van der Waals surface area contributed by atoms with Gasteiger partial charge in [-0.15, -0.1) is 0 Å². The summed E-state index contributed by atoms with van der Waals surface area (Å²) in [5.41, 5.74) is 0.783. The SMILES string of the molecule is CCn1cc(NC(=O)C(C)C2CNC2)cn1. The van der Waals surface area contributed by atoms with Gasteiger partial charge in [-0.2, -0.15) is 5.10 Å². The summed E-state index contributed by atoms with van der Waals surface area (Å²) < 4.78 is 1.80. The Hall–Kier alpha value is -1.36. The van der Waals surface area contributed by atoms with Crippen LogP contribution >= 0.6 is 0 Å². The van der Waals surface area contributed by atoms with E-state index in [2.05, 4.69) is 15.7 Å². The number of anilines is 1. The number of nitrogens with zero attached hydrogens (tertiary/aromatic N) is 2. The van der Waals surface area contributed by atoms with E-state index in [1.165, 1.54) is 0 Å². The predicted molar refractivity (Wildman–Crippen MR) is 62.1 cm³/mol. The Morgan fingerprint density at radius 2 is 2.50 bits per heavy atom. The van der Waals surface area contributed by atoms with E-state index in [-0.39, 0.29) is 11.8 Å². The van der Waals surface area contributed by atoms with Crippen LogP contribution in [-0.2, 0) is 11.3 Å². The molecule has 1 aliphatic heterocycles. The lowest BCUT2D eigenvalue weighted by atomic mass is 9.88. The van der Waals surface area contributed by atoms with E-state index in [1.807, 2.05) is 20.0 Å². The van der Waals surface area contributed by atoms with E-state index in [9.17, 15) is 4.79 Å². The monoisotopic (exact) mass is 222 g/mol. The fraction of sp³-hybridized carbons (Fsp3) is 0.636. The topological polar surface area (TPSA) is 59.0 Å². The summed E-state index contributed by atoms with van der Waals surface area (Å²) in [6, 6.07) is 0. The molecule has 2 heterocycles. The van der Waals surface area contributed by atoms with Crippen LogP contribution < -0.4 is 10.6 Å². The molecule has 0 radical (unpaired) electrons. The average Bonchev–Trinajstić information content (AvgIpc) is 2.62. The maximum Gasteiger partial charge on any atom is 0.227 e. The Kier molecular flexibility index (Phi) is 3.24. The second-order valence-corrected chi connectivity index (χ2v) is 4.28. The highest BCUT2D eigenvalue weighted by Gasteiger charge is 2.28. The van der Waals surface area contributed by atoms with Crippen molar-refractivity contribution in [3.8, 4) is 0 Å². The van der Waals surface area contributed by atoms with Gasteiger partial charge in [-0.05, 0) is 25.9 Å². The Morgan fingerprint density at radius 1 is 1.75 bits per heavy atom. The lowest BCUT2D eigenvalue weighted by molar-refractivity contribution is -0.121. The van der Waals surface area contributed by atoms with Gasteiger partial charge in [0.05, 0.1) is 11.9 Å². The molecule has 0 spiro atoms. The molecule has 5 heteroatoms. The Balaban J connectivity index is 1.90. The van der Waals surface area contributed by atoms with Gasteiger partial charge in [-0.1, -0.05) is 6.92 Å². The van der Waals surface area contributed by atoms with Crippen LogP contribution in [0, 0.1) is 11.8 Å². The molecule has 1 unspecified atom stereocenters. The summed E-state index contributed by atoms with van der Waals surface area (Å²) in [5.74, 6) is 0.620. The van der Waals surface area contributed by atoms with Gasteiger partial charge in [0, 0.05) is 18.7 Å². The maximum absolute atomic E-state index is 11.9. The van der Waals surface area contributed by atoms with Crippen LogP contribution in [0.15, 0.2) is 12.4 Å². The molecule has 0 aliphatic carbocycles. The summed E-state index contributed by atoms with van der Waals surface area (Å²) in [6.07, 6.45) is 3.54. The fourth-order valence-corrected chi connectivity index (χ4v) is 1.74. The van der Waals surface area contributed by atoms with E-state index in [4.69, 9.17) is 0 Å². The molecule has 5 nitrogen and oxygen atoms in total. The molecule has 1 amide bonds. The number of aryl methyl sites for hydroxylation is 1. The fourth-order valence-electron chi connectivity index (χ4n) is 1.74. The molecule has 1 fully saturated rings. The van der Waals surface area contributed by atoms with Gasteiger partial charge in [0.1, 0.15) is 0 Å². The molecule has 2 rings (SSSR count). The Bertz CT molecular complexity index is 370. The van der Waals surface area contributed by atoms with Gasteiger partial charge in [0.25, 0.3) is 0 Å². The van der Waals surface area contributed by atoms with Gasteiger partial charge >= 0.3 is 0 Å². The van der Waals surface area contributed by atoms with Gasteiger partial charge in [0.2, 0.25) is 5.91 Å². The number of carbonyl (C=O) groups is 1. The Labute approximate surface area is 95.2 Å². The molecule has 2 N–H and O–H groups in total. The first-order chi connectivity index (χ1) is 7.70. The zero-order valence-corrected chi connectivity index (χ0v) is 9.73. The number of carbonyl (C=O) groups excluding carboxylic acids is 1. The van der Waals surface area contributed by atoms with Crippen molar-refractivity contribution in [3.63, 3.8) is 0 Å². The molecular weight excluding hydrogens is 204 g/mol. The van der Waals surface area contributed by atoms with Crippen LogP contribution in [0.25, 0.3) is 0 Å². The van der Waals surface area contributed by atoms with E-state index >= 15 is 0 Å². The minimum atomic E-state index is 0.0613. The number of nitrogens with one attached hydrogen (secondary N) is 2. The van der Waals surface area contributed by atoms with Crippen molar-refractivity contribution < 1.29 is 4.79 Å². The van der Waals surface area contributed by atoms with Crippen LogP contribution in [0.4, 0.5) is 5.69 Å². The lowest BCUT2D eigenvalue weighted by Gasteiger charge is -2.31. The molecule has 1 atom stereocenters. The van der Waals surface area contributed by atoms with Gasteiger partial charge < -0.3 is 10.6 Å². The van der Waals surface area contributed by atoms with Crippen LogP contribution in [0.1, 0.15) is 13.8 Å². The molecule has 16 heavy (non-hydrogen) atoms. The number of hydrogen-bond acceptors (Lipinski definition) is 3. The second kappa shape index (κ2) is 4.65. The molecule has 0 saturated carbocycles. The molecule has 88 valence electrons. The van der Waals surface area contributed by atoms with Crippen molar-refractivity contribution in [1.29, 1.82) is 0 Å². The molecule has 1 aromatic heterocycles. The van der Waals surface area contributed by atoms with E-state index in [1.54, 1.807) is 10.9 Å². The average molecular weight is 222 g/mol. The van der Waals surface area contributed by atoms with E-state index < -0.39 is 0 Å². The third-order valence-corrected chi connectivity index (χ3v) is 3.16. The lowest BCUT2D eigenvalue weighted by Crippen LogP contribution is -2.48. The highest BCUT2D eigenvalue weighted by atomic mass is 16.1. The third-order valence-electron chi connectivity index (χ3n) is 3.16. The van der Waals surface area contributed by atoms with Crippen LogP contribution in [0.3, 0.4) is 0 Å². The first kappa shape index (κ1) is 11.1. The first-order valence-electron chi connectivity index (χ1n) is 5.74. The third kappa shape index (κ3) is 2.24. The van der Waals surface area contributed by atoms with Crippen molar-refractivity contribution in [3.05, 3.63) is 12.4 Å². The largest absolute Gasteiger partial charge is 0.323 e.